The number of nitrogens with zero attached hydrogens (tertiary/aromatic N) is 4. The lowest BCUT2D eigenvalue weighted by molar-refractivity contribution is -0.116. The van der Waals surface area contributed by atoms with E-state index in [0.717, 1.165) is 10.6 Å². The molecule has 0 aliphatic rings. The van der Waals surface area contributed by atoms with E-state index in [4.69, 9.17) is 11.6 Å². The van der Waals surface area contributed by atoms with E-state index in [9.17, 15) is 4.79 Å². The molecule has 3 aromatic rings. The topological polar surface area (TPSA) is 72.7 Å². The minimum absolute atomic E-state index is 0.0125. The predicted octanol–water partition coefficient (Wildman–Crippen LogP) is 3.57. The van der Waals surface area contributed by atoms with Crippen molar-refractivity contribution in [3.05, 3.63) is 58.3 Å². The maximum Gasteiger partial charge on any atom is 0.228 e. The van der Waals surface area contributed by atoms with Crippen molar-refractivity contribution in [2.45, 2.75) is 25.8 Å². The van der Waals surface area contributed by atoms with Gasteiger partial charge in [0.05, 0.1) is 6.04 Å². The maximum atomic E-state index is 12.1. The number of carbonyl (C=O) groups excluding carboxylic acids is 1. The van der Waals surface area contributed by atoms with E-state index in [1.165, 1.54) is 11.3 Å². The fourth-order valence-corrected chi connectivity index (χ4v) is 3.14. The molecule has 2 aromatic heterocycles. The summed E-state index contributed by atoms with van der Waals surface area (Å²) in [5.74, 6) is -0.104. The monoisotopic (exact) mass is 361 g/mol. The standard InChI is InChI=1S/C16H16ClN5OS/c1-11(22-8-2-7-18-22)9-14(23)19-16-21-20-15(24-16)10-12-3-5-13(17)6-4-12/h2-8,11H,9-10H2,1H3,(H,19,21,23)/t11-/m1/s1. The Balaban J connectivity index is 1.55. The first-order chi connectivity index (χ1) is 11.6. The van der Waals surface area contributed by atoms with Gasteiger partial charge >= 0.3 is 0 Å². The van der Waals surface area contributed by atoms with E-state index >= 15 is 0 Å². The summed E-state index contributed by atoms with van der Waals surface area (Å²) in [5, 5.41) is 17.1. The zero-order valence-corrected chi connectivity index (χ0v) is 14.6. The highest BCUT2D eigenvalue weighted by molar-refractivity contribution is 7.15. The lowest BCUT2D eigenvalue weighted by Crippen LogP contribution is -2.17. The van der Waals surface area contributed by atoms with Crippen molar-refractivity contribution in [2.75, 3.05) is 5.32 Å². The second-order valence-corrected chi connectivity index (χ2v) is 6.89. The SMILES string of the molecule is C[C@H](CC(=O)Nc1nnc(Cc2ccc(Cl)cc2)s1)n1cccn1. The van der Waals surface area contributed by atoms with Crippen molar-refractivity contribution in [1.82, 2.24) is 20.0 Å². The fourth-order valence-electron chi connectivity index (χ4n) is 2.23. The summed E-state index contributed by atoms with van der Waals surface area (Å²) >= 11 is 7.25. The van der Waals surface area contributed by atoms with Gasteiger partial charge in [-0.2, -0.15) is 5.10 Å². The van der Waals surface area contributed by atoms with Gasteiger partial charge in [0, 0.05) is 30.3 Å². The third-order valence-corrected chi connectivity index (χ3v) is 4.53. The van der Waals surface area contributed by atoms with Gasteiger partial charge in [-0.15, -0.1) is 10.2 Å². The van der Waals surface area contributed by atoms with Gasteiger partial charge in [-0.05, 0) is 30.7 Å². The van der Waals surface area contributed by atoms with Crippen molar-refractivity contribution in [3.63, 3.8) is 0 Å². The molecular weight excluding hydrogens is 346 g/mol. The molecule has 0 aliphatic heterocycles. The lowest BCUT2D eigenvalue weighted by atomic mass is 10.2. The molecule has 0 bridgehead atoms. The van der Waals surface area contributed by atoms with Gasteiger partial charge < -0.3 is 5.32 Å². The van der Waals surface area contributed by atoms with Gasteiger partial charge in [-0.1, -0.05) is 35.1 Å². The van der Waals surface area contributed by atoms with Crippen molar-refractivity contribution in [3.8, 4) is 0 Å². The van der Waals surface area contributed by atoms with Gasteiger partial charge in [-0.25, -0.2) is 0 Å². The smallest absolute Gasteiger partial charge is 0.228 e. The van der Waals surface area contributed by atoms with E-state index in [0.29, 0.717) is 23.0 Å². The Morgan fingerprint density at radius 1 is 1.33 bits per heavy atom. The van der Waals surface area contributed by atoms with Crippen LogP contribution in [0.2, 0.25) is 5.02 Å². The largest absolute Gasteiger partial charge is 0.300 e. The van der Waals surface area contributed by atoms with Crippen LogP contribution >= 0.6 is 22.9 Å². The summed E-state index contributed by atoms with van der Waals surface area (Å²) in [4.78, 5) is 12.1. The summed E-state index contributed by atoms with van der Waals surface area (Å²) in [5.41, 5.74) is 1.10. The van der Waals surface area contributed by atoms with E-state index in [1.807, 2.05) is 43.5 Å². The molecule has 0 radical (unpaired) electrons. The average molecular weight is 362 g/mol. The minimum Gasteiger partial charge on any atom is -0.300 e. The normalized spacial score (nSPS) is 12.1. The third kappa shape index (κ3) is 4.39. The average Bonchev–Trinajstić information content (AvgIpc) is 3.21. The Morgan fingerprint density at radius 2 is 2.12 bits per heavy atom. The maximum absolute atomic E-state index is 12.1. The summed E-state index contributed by atoms with van der Waals surface area (Å²) in [6.07, 6.45) is 4.53. The molecule has 124 valence electrons. The second kappa shape index (κ2) is 7.55. The van der Waals surface area contributed by atoms with Crippen LogP contribution in [0, 0.1) is 0 Å². The molecule has 6 nitrogen and oxygen atoms in total. The van der Waals surface area contributed by atoms with Crippen molar-refractivity contribution < 1.29 is 4.79 Å². The lowest BCUT2D eigenvalue weighted by Gasteiger charge is -2.10. The number of aromatic nitrogens is 4. The molecule has 24 heavy (non-hydrogen) atoms. The number of rotatable bonds is 6. The van der Waals surface area contributed by atoms with Crippen molar-refractivity contribution in [1.29, 1.82) is 0 Å². The second-order valence-electron chi connectivity index (χ2n) is 5.39. The molecule has 0 saturated heterocycles. The van der Waals surface area contributed by atoms with Gasteiger partial charge in [0.25, 0.3) is 0 Å². The molecule has 2 heterocycles. The zero-order valence-electron chi connectivity index (χ0n) is 13.0. The molecule has 0 saturated carbocycles. The molecule has 0 fully saturated rings. The van der Waals surface area contributed by atoms with Crippen molar-refractivity contribution in [2.24, 2.45) is 0 Å². The summed E-state index contributed by atoms with van der Waals surface area (Å²) in [6.45, 7) is 1.94. The van der Waals surface area contributed by atoms with Crippen LogP contribution in [0.5, 0.6) is 0 Å². The van der Waals surface area contributed by atoms with Gasteiger partial charge in [0.15, 0.2) is 0 Å². The van der Waals surface area contributed by atoms with E-state index in [-0.39, 0.29) is 11.9 Å². The fraction of sp³-hybridized carbons (Fsp3) is 0.250. The van der Waals surface area contributed by atoms with Gasteiger partial charge in [-0.3, -0.25) is 9.48 Å². The Hall–Kier alpha value is -2.25. The summed E-state index contributed by atoms with van der Waals surface area (Å²) in [6, 6.07) is 9.42. The van der Waals surface area contributed by atoms with Crippen LogP contribution < -0.4 is 5.32 Å². The Morgan fingerprint density at radius 3 is 2.83 bits per heavy atom. The summed E-state index contributed by atoms with van der Waals surface area (Å²) < 4.78 is 1.76. The first-order valence-electron chi connectivity index (χ1n) is 7.46. The molecule has 1 N–H and O–H groups in total. The molecule has 3 rings (SSSR count). The van der Waals surface area contributed by atoms with E-state index in [1.54, 1.807) is 10.9 Å². The molecule has 8 heteroatoms. The minimum atomic E-state index is -0.104. The molecule has 0 aliphatic carbocycles. The Labute approximate surface area is 148 Å². The van der Waals surface area contributed by atoms with Crippen LogP contribution in [0.25, 0.3) is 0 Å². The number of hydrogen-bond acceptors (Lipinski definition) is 5. The van der Waals surface area contributed by atoms with Crippen LogP contribution in [0.4, 0.5) is 5.13 Å². The molecule has 1 atom stereocenters. The van der Waals surface area contributed by atoms with Crippen LogP contribution in [0.1, 0.15) is 30.0 Å². The van der Waals surface area contributed by atoms with Gasteiger partial charge in [0.2, 0.25) is 11.0 Å². The first kappa shape index (κ1) is 16.6. The molecule has 0 spiro atoms. The molecule has 1 amide bonds. The highest BCUT2D eigenvalue weighted by Gasteiger charge is 2.13. The van der Waals surface area contributed by atoms with Gasteiger partial charge in [0.1, 0.15) is 5.01 Å². The number of benzene rings is 1. The number of nitrogens with one attached hydrogen (secondary N) is 1. The quantitative estimate of drug-likeness (QED) is 0.728. The van der Waals surface area contributed by atoms with Crippen LogP contribution in [0.15, 0.2) is 42.7 Å². The number of anilines is 1. The van der Waals surface area contributed by atoms with Crippen LogP contribution in [-0.4, -0.2) is 25.9 Å². The van der Waals surface area contributed by atoms with E-state index < -0.39 is 0 Å². The summed E-state index contributed by atoms with van der Waals surface area (Å²) in [7, 11) is 0. The van der Waals surface area contributed by atoms with Crippen LogP contribution in [-0.2, 0) is 11.2 Å². The number of carbonyl (C=O) groups is 1. The predicted molar refractivity (Wildman–Crippen MR) is 94.4 cm³/mol. The Bertz CT molecular complexity index is 800. The molecule has 1 aromatic carbocycles. The highest BCUT2D eigenvalue weighted by Crippen LogP contribution is 2.20. The third-order valence-electron chi connectivity index (χ3n) is 3.44. The molecular formula is C16H16ClN5OS. The first-order valence-corrected chi connectivity index (χ1v) is 8.65. The van der Waals surface area contributed by atoms with E-state index in [2.05, 4.69) is 20.6 Å². The van der Waals surface area contributed by atoms with Crippen molar-refractivity contribution >= 4 is 34.0 Å². The zero-order chi connectivity index (χ0) is 16.9. The highest BCUT2D eigenvalue weighted by atomic mass is 35.5. The van der Waals surface area contributed by atoms with Crippen LogP contribution in [0.3, 0.4) is 0 Å². The number of halogens is 1. The number of hydrogen-bond donors (Lipinski definition) is 1. The number of amides is 1. The Kier molecular flexibility index (Phi) is 5.22. The molecule has 0 unspecified atom stereocenters.